The summed E-state index contributed by atoms with van der Waals surface area (Å²) in [5.41, 5.74) is 2.48. The van der Waals surface area contributed by atoms with E-state index in [0.29, 0.717) is 32.2 Å². The zero-order valence-corrected chi connectivity index (χ0v) is 14.5. The van der Waals surface area contributed by atoms with Gasteiger partial charge in [0.1, 0.15) is 5.75 Å². The average Bonchev–Trinajstić information content (AvgIpc) is 2.47. The minimum Gasteiger partial charge on any atom is -0.497 e. The number of benzene rings is 2. The lowest BCUT2D eigenvalue weighted by Gasteiger charge is -2.15. The van der Waals surface area contributed by atoms with Crippen molar-refractivity contribution in [3.05, 3.63) is 49.9 Å². The molecule has 112 valence electrons. The number of halogens is 4. The molecule has 0 bridgehead atoms. The van der Waals surface area contributed by atoms with Gasteiger partial charge < -0.3 is 10.1 Å². The minimum atomic E-state index is 0.368. The van der Waals surface area contributed by atoms with Gasteiger partial charge in [-0.3, -0.25) is 0 Å². The lowest BCUT2D eigenvalue weighted by atomic mass is 9.99. The van der Waals surface area contributed by atoms with Crippen molar-refractivity contribution in [1.29, 1.82) is 0 Å². The molecule has 0 radical (unpaired) electrons. The average molecular weight is 365 g/mol. The molecule has 0 amide bonds. The number of rotatable bonds is 4. The van der Waals surface area contributed by atoms with Gasteiger partial charge in [0, 0.05) is 12.1 Å². The summed E-state index contributed by atoms with van der Waals surface area (Å²) in [6, 6.07) is 7.20. The molecule has 6 heteroatoms. The molecule has 2 nitrogen and oxygen atoms in total. The van der Waals surface area contributed by atoms with Gasteiger partial charge in [-0.15, -0.1) is 0 Å². The van der Waals surface area contributed by atoms with Crippen molar-refractivity contribution in [1.82, 2.24) is 5.32 Å². The Hall–Kier alpha value is -0.640. The SMILES string of the molecule is CNCc1cc(OC)ccc1-c1c(Cl)c(Cl)cc(Cl)c1Cl. The van der Waals surface area contributed by atoms with E-state index < -0.39 is 0 Å². The van der Waals surface area contributed by atoms with Gasteiger partial charge >= 0.3 is 0 Å². The maximum absolute atomic E-state index is 6.32. The highest BCUT2D eigenvalue weighted by molar-refractivity contribution is 6.50. The second-order valence-corrected chi connectivity index (χ2v) is 5.97. The third-order valence-corrected chi connectivity index (χ3v) is 4.64. The van der Waals surface area contributed by atoms with Gasteiger partial charge in [0.25, 0.3) is 0 Å². The maximum Gasteiger partial charge on any atom is 0.119 e. The van der Waals surface area contributed by atoms with Gasteiger partial charge in [-0.2, -0.15) is 0 Å². The van der Waals surface area contributed by atoms with Crippen molar-refractivity contribution in [3.8, 4) is 16.9 Å². The van der Waals surface area contributed by atoms with Crippen LogP contribution in [0.2, 0.25) is 20.1 Å². The molecule has 0 aliphatic rings. The van der Waals surface area contributed by atoms with Crippen LogP contribution in [0.25, 0.3) is 11.1 Å². The molecule has 1 N–H and O–H groups in total. The molecule has 0 aliphatic heterocycles. The Labute approximate surface area is 143 Å². The Kier molecular flexibility index (Phi) is 5.64. The van der Waals surface area contributed by atoms with E-state index in [9.17, 15) is 0 Å². The van der Waals surface area contributed by atoms with E-state index in [1.54, 1.807) is 13.2 Å². The van der Waals surface area contributed by atoms with Crippen LogP contribution in [-0.2, 0) is 6.54 Å². The topological polar surface area (TPSA) is 21.3 Å². The molecule has 0 spiro atoms. The highest BCUT2D eigenvalue weighted by Gasteiger charge is 2.18. The Morgan fingerprint density at radius 1 is 1.00 bits per heavy atom. The predicted molar refractivity (Wildman–Crippen MR) is 91.2 cm³/mol. The van der Waals surface area contributed by atoms with E-state index in [1.807, 2.05) is 25.2 Å². The summed E-state index contributed by atoms with van der Waals surface area (Å²) in [5, 5.41) is 4.61. The van der Waals surface area contributed by atoms with Crippen molar-refractivity contribution >= 4 is 46.4 Å². The van der Waals surface area contributed by atoms with Crippen LogP contribution in [0, 0.1) is 0 Å². The molecule has 21 heavy (non-hydrogen) atoms. The number of hydrogen-bond acceptors (Lipinski definition) is 2. The molecule has 0 fully saturated rings. The van der Waals surface area contributed by atoms with E-state index in [-0.39, 0.29) is 0 Å². The largest absolute Gasteiger partial charge is 0.497 e. The molecule has 0 atom stereocenters. The normalized spacial score (nSPS) is 10.8. The highest BCUT2D eigenvalue weighted by Crippen LogP contribution is 2.44. The van der Waals surface area contributed by atoms with Crippen molar-refractivity contribution in [2.75, 3.05) is 14.2 Å². The van der Waals surface area contributed by atoms with Crippen LogP contribution in [0.15, 0.2) is 24.3 Å². The van der Waals surface area contributed by atoms with E-state index in [1.165, 1.54) is 0 Å². The fraction of sp³-hybridized carbons (Fsp3) is 0.200. The van der Waals surface area contributed by atoms with Crippen LogP contribution < -0.4 is 10.1 Å². The molecule has 2 rings (SSSR count). The lowest BCUT2D eigenvalue weighted by Crippen LogP contribution is -2.07. The molecular weight excluding hydrogens is 352 g/mol. The first-order chi connectivity index (χ1) is 9.99. The van der Waals surface area contributed by atoms with E-state index in [0.717, 1.165) is 16.9 Å². The Morgan fingerprint density at radius 3 is 2.14 bits per heavy atom. The van der Waals surface area contributed by atoms with Crippen molar-refractivity contribution in [2.24, 2.45) is 0 Å². The monoisotopic (exact) mass is 363 g/mol. The van der Waals surface area contributed by atoms with Crippen molar-refractivity contribution in [3.63, 3.8) is 0 Å². The third-order valence-electron chi connectivity index (χ3n) is 3.06. The molecule has 0 aliphatic carbocycles. The summed E-state index contributed by atoms with van der Waals surface area (Å²) in [7, 11) is 3.48. The van der Waals surface area contributed by atoms with Crippen LogP contribution in [0.3, 0.4) is 0 Å². The number of nitrogens with one attached hydrogen (secondary N) is 1. The first-order valence-corrected chi connectivity index (χ1v) is 7.65. The fourth-order valence-corrected chi connectivity index (χ4v) is 3.10. The predicted octanol–water partition coefficient (Wildman–Crippen LogP) is 5.70. The molecule has 0 saturated carbocycles. The van der Waals surface area contributed by atoms with Crippen LogP contribution in [0.4, 0.5) is 0 Å². The Bertz CT molecular complexity index is 647. The first-order valence-electron chi connectivity index (χ1n) is 6.14. The summed E-state index contributed by atoms with van der Waals surface area (Å²) >= 11 is 24.9. The van der Waals surface area contributed by atoms with Gasteiger partial charge in [-0.25, -0.2) is 0 Å². The summed E-state index contributed by atoms with van der Waals surface area (Å²) in [4.78, 5) is 0. The molecule has 0 saturated heterocycles. The van der Waals surface area contributed by atoms with Crippen molar-refractivity contribution in [2.45, 2.75) is 6.54 Å². The zero-order valence-electron chi connectivity index (χ0n) is 11.4. The molecule has 2 aromatic rings. The molecule has 0 aromatic heterocycles. The van der Waals surface area contributed by atoms with Gasteiger partial charge in [0.2, 0.25) is 0 Å². The highest BCUT2D eigenvalue weighted by atomic mass is 35.5. The first kappa shape index (κ1) is 16.7. The zero-order chi connectivity index (χ0) is 15.6. The Balaban J connectivity index is 2.72. The van der Waals surface area contributed by atoms with Crippen molar-refractivity contribution < 1.29 is 4.74 Å². The molecule has 0 heterocycles. The van der Waals surface area contributed by atoms with E-state index >= 15 is 0 Å². The fourth-order valence-electron chi connectivity index (χ4n) is 2.09. The van der Waals surface area contributed by atoms with Crippen LogP contribution >= 0.6 is 46.4 Å². The van der Waals surface area contributed by atoms with Gasteiger partial charge in [0.15, 0.2) is 0 Å². The second-order valence-electron chi connectivity index (χ2n) is 4.40. The Morgan fingerprint density at radius 2 is 1.62 bits per heavy atom. The van der Waals surface area contributed by atoms with E-state index in [2.05, 4.69) is 5.32 Å². The molecule has 0 unspecified atom stereocenters. The number of methoxy groups -OCH3 is 1. The minimum absolute atomic E-state index is 0.368. The van der Waals surface area contributed by atoms with Gasteiger partial charge in [-0.1, -0.05) is 52.5 Å². The van der Waals surface area contributed by atoms with Gasteiger partial charge in [0.05, 0.1) is 27.2 Å². The standard InChI is InChI=1S/C15H13Cl4NO/c1-20-7-8-5-9(21-2)3-4-10(8)13-14(18)11(16)6-12(17)15(13)19/h3-6,20H,7H2,1-2H3. The van der Waals surface area contributed by atoms with Gasteiger partial charge in [-0.05, 0) is 36.4 Å². The number of hydrogen-bond donors (Lipinski definition) is 1. The van der Waals surface area contributed by atoms with E-state index in [4.69, 9.17) is 51.1 Å². The molecular formula is C15H13Cl4NO. The molecule has 2 aromatic carbocycles. The summed E-state index contributed by atoms with van der Waals surface area (Å²) in [6.45, 7) is 0.628. The summed E-state index contributed by atoms with van der Waals surface area (Å²) < 4.78 is 5.25. The quantitative estimate of drug-likeness (QED) is 0.703. The second kappa shape index (κ2) is 7.08. The lowest BCUT2D eigenvalue weighted by molar-refractivity contribution is 0.414. The summed E-state index contributed by atoms with van der Waals surface area (Å²) in [6.07, 6.45) is 0. The smallest absolute Gasteiger partial charge is 0.119 e. The van der Waals surface area contributed by atoms with Crippen LogP contribution in [0.5, 0.6) is 5.75 Å². The maximum atomic E-state index is 6.32. The third kappa shape index (κ3) is 3.41. The van der Waals surface area contributed by atoms with Crippen LogP contribution in [0.1, 0.15) is 5.56 Å². The summed E-state index contributed by atoms with van der Waals surface area (Å²) in [5.74, 6) is 0.754. The number of ether oxygens (including phenoxy) is 1. The van der Waals surface area contributed by atoms with Crippen LogP contribution in [-0.4, -0.2) is 14.2 Å².